The smallest absolute Gasteiger partial charge is 0.263 e. The first-order chi connectivity index (χ1) is 18.6. The van der Waals surface area contributed by atoms with Gasteiger partial charge in [-0.05, 0) is 68.6 Å². The molecule has 7 heteroatoms. The number of piperidine rings is 2. The summed E-state index contributed by atoms with van der Waals surface area (Å²) in [4.78, 5) is 45.4. The summed E-state index contributed by atoms with van der Waals surface area (Å²) in [5.74, 6) is 0.524. The maximum absolute atomic E-state index is 13.3. The first-order valence-electron chi connectivity index (χ1n) is 14.3. The van der Waals surface area contributed by atoms with Gasteiger partial charge in [-0.25, -0.2) is 0 Å². The number of benzene rings is 2. The van der Waals surface area contributed by atoms with Gasteiger partial charge in [0.2, 0.25) is 5.91 Å². The van der Waals surface area contributed by atoms with Crippen LogP contribution in [0.1, 0.15) is 64.8 Å². The van der Waals surface area contributed by atoms with Crippen LogP contribution in [0.5, 0.6) is 0 Å². The molecule has 1 atom stereocenters. The van der Waals surface area contributed by atoms with E-state index in [9.17, 15) is 14.4 Å². The standard InChI is InChI=1S/C31H37N3O4/c35-29(33-15-11-23(12-16-33)20-22-6-2-1-3-7-22)24-13-17-32(18-14-24)27-10-4-9-26-28(27)31(37)34(30(26)36)21-25-8-5-19-38-25/h1-4,6-7,9-10,23-25H,5,8,11-21H2. The molecule has 0 bridgehead atoms. The molecule has 3 amide bonds. The Labute approximate surface area is 224 Å². The van der Waals surface area contributed by atoms with Gasteiger partial charge in [0.1, 0.15) is 0 Å². The molecule has 4 aliphatic rings. The largest absolute Gasteiger partial charge is 0.376 e. The van der Waals surface area contributed by atoms with E-state index in [4.69, 9.17) is 4.74 Å². The zero-order valence-corrected chi connectivity index (χ0v) is 22.0. The highest BCUT2D eigenvalue weighted by Gasteiger charge is 2.41. The number of imide groups is 1. The maximum Gasteiger partial charge on any atom is 0.263 e. The summed E-state index contributed by atoms with van der Waals surface area (Å²) in [6.45, 7) is 4.14. The number of rotatable bonds is 6. The van der Waals surface area contributed by atoms with Gasteiger partial charge in [0.15, 0.2) is 0 Å². The van der Waals surface area contributed by atoms with Crippen molar-refractivity contribution in [3.05, 3.63) is 65.2 Å². The van der Waals surface area contributed by atoms with Gasteiger partial charge in [0.25, 0.3) is 11.8 Å². The highest BCUT2D eigenvalue weighted by Crippen LogP contribution is 2.35. The van der Waals surface area contributed by atoms with Gasteiger partial charge in [-0.1, -0.05) is 36.4 Å². The number of amides is 3. The lowest BCUT2D eigenvalue weighted by atomic mass is 9.88. The molecule has 0 aromatic heterocycles. The Morgan fingerprint density at radius 3 is 2.32 bits per heavy atom. The average molecular weight is 516 g/mol. The molecular formula is C31H37N3O4. The van der Waals surface area contributed by atoms with E-state index >= 15 is 0 Å². The van der Waals surface area contributed by atoms with Crippen LogP contribution >= 0.6 is 0 Å². The van der Waals surface area contributed by atoms with Crippen molar-refractivity contribution >= 4 is 23.4 Å². The molecule has 0 aliphatic carbocycles. The average Bonchev–Trinajstić information content (AvgIpc) is 3.57. The normalized spacial score (nSPS) is 22.8. The van der Waals surface area contributed by atoms with Crippen LogP contribution in [0, 0.1) is 11.8 Å². The molecular weight excluding hydrogens is 478 g/mol. The van der Waals surface area contributed by atoms with E-state index < -0.39 is 0 Å². The van der Waals surface area contributed by atoms with E-state index in [0.717, 1.165) is 63.7 Å². The number of hydrogen-bond acceptors (Lipinski definition) is 5. The van der Waals surface area contributed by atoms with Crippen LogP contribution in [0.15, 0.2) is 48.5 Å². The number of ether oxygens (including phenoxy) is 1. The molecule has 0 saturated carbocycles. The van der Waals surface area contributed by atoms with Gasteiger partial charge in [-0.2, -0.15) is 0 Å². The zero-order chi connectivity index (χ0) is 26.1. The third kappa shape index (κ3) is 4.96. The fraction of sp³-hybridized carbons (Fsp3) is 0.516. The van der Waals surface area contributed by atoms with Gasteiger partial charge in [-0.15, -0.1) is 0 Å². The number of carbonyl (C=O) groups is 3. The molecule has 7 nitrogen and oxygen atoms in total. The van der Waals surface area contributed by atoms with Crippen molar-refractivity contribution in [1.82, 2.24) is 9.80 Å². The van der Waals surface area contributed by atoms with Crippen molar-refractivity contribution in [2.75, 3.05) is 44.2 Å². The lowest BCUT2D eigenvalue weighted by Crippen LogP contribution is -2.46. The number of hydrogen-bond donors (Lipinski definition) is 0. The Morgan fingerprint density at radius 2 is 1.61 bits per heavy atom. The van der Waals surface area contributed by atoms with Crippen LogP contribution in [0.2, 0.25) is 0 Å². The van der Waals surface area contributed by atoms with Gasteiger partial charge >= 0.3 is 0 Å². The molecule has 2 aromatic rings. The SMILES string of the molecule is O=C(C1CCN(c2cccc3c2C(=O)N(CC2CCCO2)C3=O)CC1)N1CCC(Cc2ccccc2)CC1. The minimum absolute atomic E-state index is 0.0297. The zero-order valence-electron chi connectivity index (χ0n) is 22.0. The molecule has 0 N–H and O–H groups in total. The molecule has 200 valence electrons. The molecule has 2 aromatic carbocycles. The number of nitrogens with zero attached hydrogens (tertiary/aromatic N) is 3. The van der Waals surface area contributed by atoms with Gasteiger partial charge in [0, 0.05) is 38.7 Å². The molecule has 0 spiro atoms. The Morgan fingerprint density at radius 1 is 0.842 bits per heavy atom. The Hall–Kier alpha value is -3.19. The van der Waals surface area contributed by atoms with Crippen LogP contribution in [0.25, 0.3) is 0 Å². The first kappa shape index (κ1) is 25.1. The molecule has 38 heavy (non-hydrogen) atoms. The van der Waals surface area contributed by atoms with E-state index in [1.807, 2.05) is 12.1 Å². The number of carbonyl (C=O) groups excluding carboxylic acids is 3. The number of anilines is 1. The second kappa shape index (κ2) is 10.9. The minimum atomic E-state index is -0.219. The minimum Gasteiger partial charge on any atom is -0.376 e. The molecule has 0 radical (unpaired) electrons. The van der Waals surface area contributed by atoms with E-state index in [0.29, 0.717) is 43.3 Å². The fourth-order valence-corrected chi connectivity index (χ4v) is 6.67. The van der Waals surface area contributed by atoms with Crippen LogP contribution in [0.3, 0.4) is 0 Å². The molecule has 3 fully saturated rings. The lowest BCUT2D eigenvalue weighted by molar-refractivity contribution is -0.137. The predicted molar refractivity (Wildman–Crippen MR) is 145 cm³/mol. The molecule has 4 heterocycles. The predicted octanol–water partition coefficient (Wildman–Crippen LogP) is 4.16. The van der Waals surface area contributed by atoms with E-state index in [-0.39, 0.29) is 29.7 Å². The second-order valence-electron chi connectivity index (χ2n) is 11.3. The summed E-state index contributed by atoms with van der Waals surface area (Å²) < 4.78 is 5.68. The quantitative estimate of drug-likeness (QED) is 0.541. The summed E-state index contributed by atoms with van der Waals surface area (Å²) in [5, 5.41) is 0. The van der Waals surface area contributed by atoms with Gasteiger partial charge in [0.05, 0.1) is 29.5 Å². The van der Waals surface area contributed by atoms with Crippen LogP contribution in [-0.4, -0.2) is 73.0 Å². The van der Waals surface area contributed by atoms with Crippen LogP contribution in [-0.2, 0) is 16.0 Å². The Balaban J connectivity index is 1.04. The Kier molecular flexibility index (Phi) is 7.20. The van der Waals surface area contributed by atoms with Crippen molar-refractivity contribution in [3.63, 3.8) is 0 Å². The summed E-state index contributed by atoms with van der Waals surface area (Å²) in [6, 6.07) is 16.2. The van der Waals surface area contributed by atoms with Crippen molar-refractivity contribution < 1.29 is 19.1 Å². The summed E-state index contributed by atoms with van der Waals surface area (Å²) in [5.41, 5.74) is 3.21. The van der Waals surface area contributed by atoms with Crippen molar-refractivity contribution in [3.8, 4) is 0 Å². The highest BCUT2D eigenvalue weighted by atomic mass is 16.5. The molecule has 1 unspecified atom stereocenters. The summed E-state index contributed by atoms with van der Waals surface area (Å²) in [7, 11) is 0. The third-order valence-electron chi connectivity index (χ3n) is 8.87. The van der Waals surface area contributed by atoms with Crippen LogP contribution in [0.4, 0.5) is 5.69 Å². The maximum atomic E-state index is 13.3. The summed E-state index contributed by atoms with van der Waals surface area (Å²) in [6.07, 6.45) is 6.55. The number of likely N-dealkylation sites (tertiary alicyclic amines) is 1. The van der Waals surface area contributed by atoms with Crippen LogP contribution < -0.4 is 4.90 Å². The Bertz CT molecular complexity index is 1180. The highest BCUT2D eigenvalue weighted by molar-refractivity contribution is 6.23. The van der Waals surface area contributed by atoms with Gasteiger partial charge < -0.3 is 14.5 Å². The van der Waals surface area contributed by atoms with E-state index in [1.165, 1.54) is 10.5 Å². The molecule has 6 rings (SSSR count). The third-order valence-corrected chi connectivity index (χ3v) is 8.87. The summed E-state index contributed by atoms with van der Waals surface area (Å²) >= 11 is 0. The fourth-order valence-electron chi connectivity index (χ4n) is 6.67. The molecule has 4 aliphatic heterocycles. The topological polar surface area (TPSA) is 70.2 Å². The second-order valence-corrected chi connectivity index (χ2v) is 11.3. The van der Waals surface area contributed by atoms with Gasteiger partial charge in [-0.3, -0.25) is 19.3 Å². The van der Waals surface area contributed by atoms with Crippen molar-refractivity contribution in [1.29, 1.82) is 0 Å². The monoisotopic (exact) mass is 515 g/mol. The lowest BCUT2D eigenvalue weighted by Gasteiger charge is -2.38. The van der Waals surface area contributed by atoms with E-state index in [1.54, 1.807) is 6.07 Å². The van der Waals surface area contributed by atoms with E-state index in [2.05, 4.69) is 40.1 Å². The van der Waals surface area contributed by atoms with Crippen molar-refractivity contribution in [2.45, 2.75) is 51.0 Å². The van der Waals surface area contributed by atoms with Crippen molar-refractivity contribution in [2.24, 2.45) is 11.8 Å². The number of fused-ring (bicyclic) bond motifs is 1. The first-order valence-corrected chi connectivity index (χ1v) is 14.3. The molecule has 3 saturated heterocycles.